The van der Waals surface area contributed by atoms with Crippen molar-refractivity contribution in [2.24, 2.45) is 45.3 Å². The van der Waals surface area contributed by atoms with Crippen molar-refractivity contribution in [2.75, 3.05) is 40.6 Å². The zero-order valence-corrected chi connectivity index (χ0v) is 27.9. The van der Waals surface area contributed by atoms with E-state index < -0.39 is 27.6 Å². The minimum atomic E-state index is -0.900. The Morgan fingerprint density at radius 2 is 1.59 bits per heavy atom. The Hall–Kier alpha value is -1.75. The predicted octanol–water partition coefficient (Wildman–Crippen LogP) is 4.48. The number of esters is 3. The number of carbonyl (C=O) groups excluding carboxylic acids is 3. The highest BCUT2D eigenvalue weighted by atomic mass is 16.7. The zero-order chi connectivity index (χ0) is 32.2. The molecule has 8 aliphatic rings. The summed E-state index contributed by atoms with van der Waals surface area (Å²) in [7, 11) is 3.22. The van der Waals surface area contributed by atoms with Gasteiger partial charge in [-0.1, -0.05) is 6.92 Å². The van der Waals surface area contributed by atoms with E-state index in [1.165, 1.54) is 7.11 Å². The maximum atomic E-state index is 14.2. The molecule has 1 saturated heterocycles. The number of carbonyl (C=O) groups is 3. The average molecular weight is 645 g/mol. The average Bonchev–Trinajstić information content (AvgIpc) is 3.58. The number of ether oxygens (including phenoxy) is 6. The van der Waals surface area contributed by atoms with Crippen LogP contribution in [0.25, 0.3) is 0 Å². The molecule has 8 rings (SSSR count). The van der Waals surface area contributed by atoms with E-state index in [9.17, 15) is 19.5 Å². The van der Waals surface area contributed by atoms with Crippen molar-refractivity contribution in [3.8, 4) is 0 Å². The van der Waals surface area contributed by atoms with Gasteiger partial charge in [0.2, 0.25) is 0 Å². The van der Waals surface area contributed by atoms with Crippen LogP contribution in [0.3, 0.4) is 0 Å². The van der Waals surface area contributed by atoms with Crippen LogP contribution in [-0.4, -0.2) is 80.7 Å². The van der Waals surface area contributed by atoms with Crippen molar-refractivity contribution in [1.82, 2.24) is 0 Å². The van der Waals surface area contributed by atoms with Crippen LogP contribution in [-0.2, 0) is 42.8 Å². The Morgan fingerprint density at radius 3 is 2.33 bits per heavy atom. The Kier molecular flexibility index (Phi) is 7.11. The van der Waals surface area contributed by atoms with E-state index in [2.05, 4.69) is 6.92 Å². The lowest BCUT2D eigenvalue weighted by Gasteiger charge is -2.57. The Morgan fingerprint density at radius 1 is 0.826 bits per heavy atom. The fourth-order valence-electron chi connectivity index (χ4n) is 12.7. The lowest BCUT2D eigenvalue weighted by atomic mass is 9.46. The molecule has 0 aromatic rings. The highest BCUT2D eigenvalue weighted by molar-refractivity contribution is 5.81. The minimum absolute atomic E-state index is 0.000359. The third-order valence-corrected chi connectivity index (χ3v) is 14.5. The van der Waals surface area contributed by atoms with Gasteiger partial charge in [0.15, 0.2) is 5.79 Å². The molecule has 0 aromatic carbocycles. The van der Waals surface area contributed by atoms with Crippen molar-refractivity contribution < 1.29 is 47.9 Å². The maximum Gasteiger partial charge on any atom is 0.312 e. The van der Waals surface area contributed by atoms with E-state index >= 15 is 0 Å². The zero-order valence-electron chi connectivity index (χ0n) is 27.9. The highest BCUT2D eigenvalue weighted by Crippen LogP contribution is 2.82. The fourth-order valence-corrected chi connectivity index (χ4v) is 12.7. The van der Waals surface area contributed by atoms with Gasteiger partial charge in [-0.05, 0) is 107 Å². The second-order valence-electron chi connectivity index (χ2n) is 17.5. The molecule has 1 heterocycles. The first kappa shape index (κ1) is 31.5. The van der Waals surface area contributed by atoms with Gasteiger partial charge >= 0.3 is 17.9 Å². The first-order valence-corrected chi connectivity index (χ1v) is 17.8. The normalized spacial score (nSPS) is 51.4. The van der Waals surface area contributed by atoms with Crippen LogP contribution >= 0.6 is 0 Å². The summed E-state index contributed by atoms with van der Waals surface area (Å²) in [6, 6.07) is 0. The third kappa shape index (κ3) is 4.51. The summed E-state index contributed by atoms with van der Waals surface area (Å²) in [5.41, 5.74) is -2.96. The fraction of sp³-hybridized carbons (Fsp3) is 0.917. The van der Waals surface area contributed by atoms with Gasteiger partial charge in [-0.25, -0.2) is 0 Å². The van der Waals surface area contributed by atoms with Crippen molar-refractivity contribution in [3.05, 3.63) is 0 Å². The summed E-state index contributed by atoms with van der Waals surface area (Å²) in [4.78, 5) is 40.3. The largest absolute Gasteiger partial charge is 0.469 e. The topological polar surface area (TPSA) is 127 Å². The van der Waals surface area contributed by atoms with Crippen LogP contribution < -0.4 is 0 Å². The van der Waals surface area contributed by atoms with Gasteiger partial charge in [0.1, 0.15) is 13.2 Å². The molecule has 0 radical (unpaired) electrons. The van der Waals surface area contributed by atoms with Crippen LogP contribution in [0.4, 0.5) is 0 Å². The van der Waals surface area contributed by atoms with Crippen LogP contribution in [0.5, 0.6) is 0 Å². The van der Waals surface area contributed by atoms with Crippen LogP contribution in [0.1, 0.15) is 103 Å². The second kappa shape index (κ2) is 10.4. The molecule has 0 aromatic heterocycles. The maximum absolute atomic E-state index is 14.2. The number of hydrogen-bond acceptors (Lipinski definition) is 10. The molecule has 7 aliphatic carbocycles. The molecule has 9 unspecified atom stereocenters. The van der Waals surface area contributed by atoms with Gasteiger partial charge in [0.05, 0.1) is 53.7 Å². The predicted molar refractivity (Wildman–Crippen MR) is 162 cm³/mol. The van der Waals surface area contributed by atoms with Crippen molar-refractivity contribution in [2.45, 2.75) is 120 Å². The highest BCUT2D eigenvalue weighted by Gasteiger charge is 2.81. The van der Waals surface area contributed by atoms with Gasteiger partial charge in [0, 0.05) is 20.0 Å². The molecule has 46 heavy (non-hydrogen) atoms. The van der Waals surface area contributed by atoms with Crippen LogP contribution in [0.15, 0.2) is 0 Å². The second-order valence-corrected chi connectivity index (χ2v) is 17.5. The Bertz CT molecular complexity index is 1290. The summed E-state index contributed by atoms with van der Waals surface area (Å²) in [6.07, 6.45) is 11.5. The quantitative estimate of drug-likeness (QED) is 0.299. The van der Waals surface area contributed by atoms with Crippen molar-refractivity contribution in [1.29, 1.82) is 0 Å². The van der Waals surface area contributed by atoms with Gasteiger partial charge < -0.3 is 33.5 Å². The van der Waals surface area contributed by atoms with E-state index in [0.717, 1.165) is 51.4 Å². The molecular weight excluding hydrogens is 592 g/mol. The summed E-state index contributed by atoms with van der Waals surface area (Å²) >= 11 is 0. The van der Waals surface area contributed by atoms with Crippen LogP contribution in [0.2, 0.25) is 0 Å². The molecule has 10 nitrogen and oxygen atoms in total. The first-order chi connectivity index (χ1) is 21.9. The lowest BCUT2D eigenvalue weighted by Crippen LogP contribution is -2.59. The molecule has 9 atom stereocenters. The van der Waals surface area contributed by atoms with Gasteiger partial charge in [-0.3, -0.25) is 14.4 Å². The van der Waals surface area contributed by atoms with E-state index in [1.807, 2.05) is 7.11 Å². The standard InChI is InChI=1S/C36H52O10/c1-23-9-31(6-4-7-32(40,10-23)17-31)28(38)43-19-30(21-45-36(46-22-30)8-5-25(14-36)27(37)41-2)20-44-29(39)34-12-24-11-33(42-3)15-26(16-34)35(34,13-24)18-33/h23-26,40H,4-22H2,1-3H3. The molecule has 1 N–H and O–H groups in total. The number of hydrogen-bond donors (Lipinski definition) is 1. The molecule has 8 fully saturated rings. The molecule has 10 heteroatoms. The molecule has 5 bridgehead atoms. The van der Waals surface area contributed by atoms with Crippen LogP contribution in [0, 0.1) is 45.3 Å². The van der Waals surface area contributed by atoms with E-state index in [1.54, 1.807) is 0 Å². The monoisotopic (exact) mass is 644 g/mol. The van der Waals surface area contributed by atoms with Crippen molar-refractivity contribution >= 4 is 17.9 Å². The van der Waals surface area contributed by atoms with E-state index in [4.69, 9.17) is 28.4 Å². The molecular formula is C36H52O10. The molecule has 1 aliphatic heterocycles. The summed E-state index contributed by atoms with van der Waals surface area (Å²) in [6.45, 7) is 2.51. The lowest BCUT2D eigenvalue weighted by molar-refractivity contribution is -0.312. The minimum Gasteiger partial charge on any atom is -0.469 e. The third-order valence-electron chi connectivity index (χ3n) is 14.5. The molecule has 0 amide bonds. The Labute approximate surface area is 271 Å². The Balaban J connectivity index is 0.988. The van der Waals surface area contributed by atoms with Gasteiger partial charge in [-0.15, -0.1) is 0 Å². The van der Waals surface area contributed by atoms with Crippen molar-refractivity contribution in [3.63, 3.8) is 0 Å². The van der Waals surface area contributed by atoms with E-state index in [0.29, 0.717) is 56.8 Å². The first-order valence-electron chi connectivity index (χ1n) is 17.8. The molecule has 7 saturated carbocycles. The SMILES string of the molecule is COC(=O)C1CCC2(C1)OCC(COC(=O)C13CCCC(O)(CC(C)C1)C3)(COC(=O)C13CC4CC5(OC)CC(C1)C3(C4)C5)CO2. The number of methoxy groups -OCH3 is 2. The number of aliphatic hydroxyl groups is 1. The molecule has 256 valence electrons. The van der Waals surface area contributed by atoms with E-state index in [-0.39, 0.29) is 67.2 Å². The number of fused-ring (bicyclic) bond motifs is 4. The molecule has 2 spiro atoms. The summed E-state index contributed by atoms with van der Waals surface area (Å²) in [5.74, 6) is -0.626. The van der Waals surface area contributed by atoms with Gasteiger partial charge in [0.25, 0.3) is 0 Å². The summed E-state index contributed by atoms with van der Waals surface area (Å²) < 4.78 is 36.4. The summed E-state index contributed by atoms with van der Waals surface area (Å²) in [5, 5.41) is 11.2. The number of rotatable bonds is 8. The van der Waals surface area contributed by atoms with Gasteiger partial charge in [-0.2, -0.15) is 0 Å². The smallest absolute Gasteiger partial charge is 0.312 e.